The Morgan fingerprint density at radius 3 is 2.36 bits per heavy atom. The number of hydrogen-bond acceptors (Lipinski definition) is 4. The van der Waals surface area contributed by atoms with Gasteiger partial charge < -0.3 is 20.5 Å². The molecule has 8 heteroatoms. The van der Waals surface area contributed by atoms with E-state index < -0.39 is 5.41 Å². The minimum Gasteiger partial charge on any atom is -0.494 e. The standard InChI is InChI=1S/C14H18Cl2N2O3.ClH/c1-20-12-10(15)6-9(7-11(12)16)18-13(19)14(8-17)2-4-21-5-3-14;/h6-7H,2-5,8,17H2,1H3,(H,18,19);1H. The van der Waals surface area contributed by atoms with E-state index in [0.717, 1.165) is 0 Å². The van der Waals surface area contributed by atoms with Crippen LogP contribution in [0.4, 0.5) is 5.69 Å². The maximum Gasteiger partial charge on any atom is 0.232 e. The van der Waals surface area contributed by atoms with E-state index in [-0.39, 0.29) is 24.9 Å². The molecule has 0 bridgehead atoms. The van der Waals surface area contributed by atoms with Gasteiger partial charge in [0.25, 0.3) is 0 Å². The Bertz CT molecular complexity index is 511. The van der Waals surface area contributed by atoms with Crippen molar-refractivity contribution in [3.8, 4) is 5.75 Å². The second-order valence-electron chi connectivity index (χ2n) is 5.02. The Balaban J connectivity index is 0.00000242. The molecule has 0 radical (unpaired) electrons. The van der Waals surface area contributed by atoms with E-state index in [1.807, 2.05) is 0 Å². The lowest BCUT2D eigenvalue weighted by atomic mass is 9.79. The molecule has 0 saturated carbocycles. The minimum absolute atomic E-state index is 0. The van der Waals surface area contributed by atoms with Crippen LogP contribution < -0.4 is 15.8 Å². The van der Waals surface area contributed by atoms with Crippen LogP contribution in [0.5, 0.6) is 5.75 Å². The molecule has 1 amide bonds. The lowest BCUT2D eigenvalue weighted by Crippen LogP contribution is -2.46. The van der Waals surface area contributed by atoms with Crippen molar-refractivity contribution in [2.24, 2.45) is 11.1 Å². The number of benzene rings is 1. The zero-order valence-electron chi connectivity index (χ0n) is 12.2. The monoisotopic (exact) mass is 368 g/mol. The molecule has 0 spiro atoms. The van der Waals surface area contributed by atoms with E-state index in [1.54, 1.807) is 12.1 Å². The molecule has 0 atom stereocenters. The third-order valence-corrected chi connectivity index (χ3v) is 4.34. The number of nitrogens with two attached hydrogens (primary N) is 1. The van der Waals surface area contributed by atoms with Gasteiger partial charge >= 0.3 is 0 Å². The average molecular weight is 370 g/mol. The molecule has 22 heavy (non-hydrogen) atoms. The predicted molar refractivity (Wildman–Crippen MR) is 90.4 cm³/mol. The summed E-state index contributed by atoms with van der Waals surface area (Å²) in [7, 11) is 1.48. The highest BCUT2D eigenvalue weighted by atomic mass is 35.5. The molecule has 5 nitrogen and oxygen atoms in total. The SMILES string of the molecule is COc1c(Cl)cc(NC(=O)C2(CN)CCOCC2)cc1Cl.Cl. The maximum atomic E-state index is 12.5. The summed E-state index contributed by atoms with van der Waals surface area (Å²) in [6, 6.07) is 3.21. The maximum absolute atomic E-state index is 12.5. The van der Waals surface area contributed by atoms with Gasteiger partial charge in [-0.25, -0.2) is 0 Å². The smallest absolute Gasteiger partial charge is 0.232 e. The molecule has 1 aliphatic heterocycles. The molecule has 0 unspecified atom stereocenters. The lowest BCUT2D eigenvalue weighted by molar-refractivity contribution is -0.130. The van der Waals surface area contributed by atoms with Crippen molar-refractivity contribution in [1.29, 1.82) is 0 Å². The molecule has 1 aromatic carbocycles. The van der Waals surface area contributed by atoms with E-state index in [2.05, 4.69) is 5.32 Å². The van der Waals surface area contributed by atoms with Gasteiger partial charge in [0.2, 0.25) is 5.91 Å². The molecule has 1 heterocycles. The van der Waals surface area contributed by atoms with Gasteiger partial charge in [0.1, 0.15) is 0 Å². The Morgan fingerprint density at radius 2 is 1.91 bits per heavy atom. The van der Waals surface area contributed by atoms with Crippen molar-refractivity contribution in [3.63, 3.8) is 0 Å². The molecule has 0 aromatic heterocycles. The van der Waals surface area contributed by atoms with E-state index in [0.29, 0.717) is 47.5 Å². The molecule has 3 N–H and O–H groups in total. The largest absolute Gasteiger partial charge is 0.494 e. The summed E-state index contributed by atoms with van der Waals surface area (Å²) >= 11 is 12.1. The summed E-state index contributed by atoms with van der Waals surface area (Å²) in [6.45, 7) is 1.35. The molecule has 1 fully saturated rings. The number of methoxy groups -OCH3 is 1. The Morgan fingerprint density at radius 1 is 1.36 bits per heavy atom. The van der Waals surface area contributed by atoms with Crippen LogP contribution in [0.15, 0.2) is 12.1 Å². The zero-order chi connectivity index (χ0) is 15.5. The fourth-order valence-electron chi connectivity index (χ4n) is 2.38. The number of ether oxygens (including phenoxy) is 2. The summed E-state index contributed by atoms with van der Waals surface area (Å²) in [4.78, 5) is 12.5. The van der Waals surface area contributed by atoms with Crippen LogP contribution in [0.2, 0.25) is 10.0 Å². The number of carbonyl (C=O) groups is 1. The van der Waals surface area contributed by atoms with Crippen LogP contribution in [-0.2, 0) is 9.53 Å². The van der Waals surface area contributed by atoms with Crippen molar-refractivity contribution in [1.82, 2.24) is 0 Å². The van der Waals surface area contributed by atoms with Crippen LogP contribution >= 0.6 is 35.6 Å². The number of hydrogen-bond donors (Lipinski definition) is 2. The van der Waals surface area contributed by atoms with E-state index >= 15 is 0 Å². The van der Waals surface area contributed by atoms with Gasteiger partial charge in [0.05, 0.1) is 22.6 Å². The summed E-state index contributed by atoms with van der Waals surface area (Å²) < 4.78 is 10.4. The highest BCUT2D eigenvalue weighted by Gasteiger charge is 2.38. The summed E-state index contributed by atoms with van der Waals surface area (Å²) in [6.07, 6.45) is 1.21. The minimum atomic E-state index is -0.600. The van der Waals surface area contributed by atoms with Gasteiger partial charge in [-0.05, 0) is 25.0 Å². The molecule has 0 aliphatic carbocycles. The highest BCUT2D eigenvalue weighted by Crippen LogP contribution is 2.37. The number of amides is 1. The van der Waals surface area contributed by atoms with Crippen molar-refractivity contribution in [2.45, 2.75) is 12.8 Å². The summed E-state index contributed by atoms with van der Waals surface area (Å²) in [5.74, 6) is 0.251. The number of carbonyl (C=O) groups excluding carboxylic acids is 1. The normalized spacial score (nSPS) is 16.5. The average Bonchev–Trinajstić information content (AvgIpc) is 2.47. The number of anilines is 1. The Labute approximate surface area is 145 Å². The third kappa shape index (κ3) is 3.97. The first kappa shape index (κ1) is 19.3. The van der Waals surface area contributed by atoms with Crippen molar-refractivity contribution in [2.75, 3.05) is 32.2 Å². The predicted octanol–water partition coefficient (Wildman–Crippen LogP) is 3.12. The molecule has 1 saturated heterocycles. The van der Waals surface area contributed by atoms with E-state index in [4.69, 9.17) is 38.4 Å². The van der Waals surface area contributed by atoms with Crippen LogP contribution in [0.3, 0.4) is 0 Å². The topological polar surface area (TPSA) is 73.6 Å². The summed E-state index contributed by atoms with van der Waals surface area (Å²) in [5, 5.41) is 3.52. The highest BCUT2D eigenvalue weighted by molar-refractivity contribution is 6.37. The fourth-order valence-corrected chi connectivity index (χ4v) is 3.02. The molecule has 1 aromatic rings. The molecule has 124 valence electrons. The van der Waals surface area contributed by atoms with Gasteiger partial charge in [0, 0.05) is 25.4 Å². The van der Waals surface area contributed by atoms with Crippen molar-refractivity contribution in [3.05, 3.63) is 22.2 Å². The van der Waals surface area contributed by atoms with Gasteiger partial charge in [-0.2, -0.15) is 0 Å². The number of rotatable bonds is 4. The number of nitrogens with one attached hydrogen (secondary N) is 1. The van der Waals surface area contributed by atoms with Gasteiger partial charge in [0.15, 0.2) is 5.75 Å². The molecular weight excluding hydrogens is 351 g/mol. The second-order valence-corrected chi connectivity index (χ2v) is 5.84. The van der Waals surface area contributed by atoms with Crippen LogP contribution in [0, 0.1) is 5.41 Å². The Hall–Kier alpha value is -0.720. The first-order valence-electron chi connectivity index (χ1n) is 6.65. The van der Waals surface area contributed by atoms with E-state index in [1.165, 1.54) is 7.11 Å². The third-order valence-electron chi connectivity index (χ3n) is 3.78. The van der Waals surface area contributed by atoms with E-state index in [9.17, 15) is 4.79 Å². The first-order valence-corrected chi connectivity index (χ1v) is 7.40. The Kier molecular flexibility index (Phi) is 7.22. The fraction of sp³-hybridized carbons (Fsp3) is 0.500. The quantitative estimate of drug-likeness (QED) is 0.855. The second kappa shape index (κ2) is 8.22. The van der Waals surface area contributed by atoms with Crippen molar-refractivity contribution >= 4 is 47.2 Å². The van der Waals surface area contributed by atoms with Gasteiger partial charge in [-0.15, -0.1) is 12.4 Å². The first-order chi connectivity index (χ1) is 10.0. The molecular formula is C14H19Cl3N2O3. The lowest BCUT2D eigenvalue weighted by Gasteiger charge is -2.34. The van der Waals surface area contributed by atoms with Crippen LogP contribution in [0.1, 0.15) is 12.8 Å². The zero-order valence-corrected chi connectivity index (χ0v) is 14.5. The van der Waals surface area contributed by atoms with Crippen LogP contribution in [0.25, 0.3) is 0 Å². The molecule has 2 rings (SSSR count). The van der Waals surface area contributed by atoms with Crippen LogP contribution in [-0.4, -0.2) is 32.8 Å². The summed E-state index contributed by atoms with van der Waals surface area (Å²) in [5.41, 5.74) is 5.73. The van der Waals surface area contributed by atoms with Gasteiger partial charge in [-0.3, -0.25) is 4.79 Å². The van der Waals surface area contributed by atoms with Crippen molar-refractivity contribution < 1.29 is 14.3 Å². The molecule has 1 aliphatic rings. The number of halogens is 3. The van der Waals surface area contributed by atoms with Gasteiger partial charge in [-0.1, -0.05) is 23.2 Å².